The van der Waals surface area contributed by atoms with Gasteiger partial charge in [0.25, 0.3) is 0 Å². The third-order valence-corrected chi connectivity index (χ3v) is 5.86. The molecule has 2 heterocycles. The molecule has 1 fully saturated rings. The van der Waals surface area contributed by atoms with Crippen molar-refractivity contribution in [1.82, 2.24) is 10.6 Å². The summed E-state index contributed by atoms with van der Waals surface area (Å²) in [4.78, 5) is 7.00. The number of hydrogen-bond acceptors (Lipinski definition) is 4. The van der Waals surface area contributed by atoms with Crippen molar-refractivity contribution >= 4 is 27.1 Å². The zero-order valence-electron chi connectivity index (χ0n) is 11.8. The second kappa shape index (κ2) is 6.58. The van der Waals surface area contributed by atoms with Gasteiger partial charge in [-0.1, -0.05) is 0 Å². The number of hydrogen-bond donors (Lipinski definition) is 2. The van der Waals surface area contributed by atoms with Crippen LogP contribution in [0, 0.1) is 6.92 Å². The van der Waals surface area contributed by atoms with E-state index in [0.29, 0.717) is 18.9 Å². The summed E-state index contributed by atoms with van der Waals surface area (Å²) in [6, 6.07) is 4.13. The first-order valence-electron chi connectivity index (χ1n) is 6.79. The minimum atomic E-state index is -2.86. The summed E-state index contributed by atoms with van der Waals surface area (Å²) in [6.45, 7) is 5.45. The monoisotopic (exact) mass is 315 g/mol. The molecule has 1 aromatic rings. The molecule has 2 rings (SSSR count). The predicted molar refractivity (Wildman–Crippen MR) is 84.1 cm³/mol. The first-order chi connectivity index (χ1) is 9.48. The Morgan fingerprint density at radius 1 is 1.50 bits per heavy atom. The lowest BCUT2D eigenvalue weighted by atomic mass is 10.3. The number of nitrogens with zero attached hydrogens (tertiary/aromatic N) is 1. The van der Waals surface area contributed by atoms with Crippen LogP contribution in [0.25, 0.3) is 0 Å². The molecule has 1 aliphatic heterocycles. The van der Waals surface area contributed by atoms with Gasteiger partial charge in [0, 0.05) is 22.3 Å². The molecule has 1 aliphatic rings. The molecule has 20 heavy (non-hydrogen) atoms. The SMILES string of the molecule is CCNC(=NCc1ccc(C)s1)NC1CCS(=O)(=O)C1. The number of sulfone groups is 1. The van der Waals surface area contributed by atoms with E-state index in [1.807, 2.05) is 6.92 Å². The van der Waals surface area contributed by atoms with Gasteiger partial charge in [-0.15, -0.1) is 11.3 Å². The van der Waals surface area contributed by atoms with Crippen molar-refractivity contribution < 1.29 is 8.42 Å². The molecule has 7 heteroatoms. The molecule has 0 aromatic carbocycles. The van der Waals surface area contributed by atoms with Gasteiger partial charge in [0.1, 0.15) is 0 Å². The van der Waals surface area contributed by atoms with Gasteiger partial charge >= 0.3 is 0 Å². The molecule has 2 N–H and O–H groups in total. The Balaban J connectivity index is 1.96. The van der Waals surface area contributed by atoms with Crippen LogP contribution in [0.3, 0.4) is 0 Å². The summed E-state index contributed by atoms with van der Waals surface area (Å²) in [7, 11) is -2.86. The number of aryl methyl sites for hydroxylation is 1. The second-order valence-corrected chi connectivity index (χ2v) is 8.55. The van der Waals surface area contributed by atoms with Gasteiger partial charge in [-0.3, -0.25) is 0 Å². The van der Waals surface area contributed by atoms with Gasteiger partial charge in [0.15, 0.2) is 15.8 Å². The van der Waals surface area contributed by atoms with Crippen molar-refractivity contribution in [3.63, 3.8) is 0 Å². The van der Waals surface area contributed by atoms with Crippen LogP contribution in [0.15, 0.2) is 17.1 Å². The normalized spacial score (nSPS) is 21.9. The van der Waals surface area contributed by atoms with Crippen LogP contribution in [0.2, 0.25) is 0 Å². The molecule has 0 aliphatic carbocycles. The largest absolute Gasteiger partial charge is 0.357 e. The van der Waals surface area contributed by atoms with E-state index in [4.69, 9.17) is 0 Å². The van der Waals surface area contributed by atoms with E-state index in [1.54, 1.807) is 11.3 Å². The Morgan fingerprint density at radius 2 is 2.30 bits per heavy atom. The third kappa shape index (κ3) is 4.49. The van der Waals surface area contributed by atoms with E-state index in [-0.39, 0.29) is 17.5 Å². The lowest BCUT2D eigenvalue weighted by Gasteiger charge is -2.15. The van der Waals surface area contributed by atoms with Gasteiger partial charge < -0.3 is 10.6 Å². The zero-order chi connectivity index (χ0) is 14.6. The summed E-state index contributed by atoms with van der Waals surface area (Å²) >= 11 is 1.73. The number of nitrogens with one attached hydrogen (secondary N) is 2. The molecule has 5 nitrogen and oxygen atoms in total. The predicted octanol–water partition coefficient (Wildman–Crippen LogP) is 1.30. The Bertz CT molecular complexity index is 578. The zero-order valence-corrected chi connectivity index (χ0v) is 13.5. The van der Waals surface area contributed by atoms with Crippen LogP contribution in [0.5, 0.6) is 0 Å². The van der Waals surface area contributed by atoms with Gasteiger partial charge in [0.2, 0.25) is 0 Å². The fourth-order valence-corrected chi connectivity index (χ4v) is 4.64. The van der Waals surface area contributed by atoms with Crippen molar-refractivity contribution in [1.29, 1.82) is 0 Å². The molecular weight excluding hydrogens is 294 g/mol. The number of thiophene rings is 1. The molecule has 0 spiro atoms. The summed E-state index contributed by atoms with van der Waals surface area (Å²) in [5.41, 5.74) is 0. The van der Waals surface area contributed by atoms with Gasteiger partial charge in [-0.25, -0.2) is 13.4 Å². The molecule has 1 aromatic heterocycles. The first kappa shape index (κ1) is 15.3. The summed E-state index contributed by atoms with van der Waals surface area (Å²) < 4.78 is 22.9. The quantitative estimate of drug-likeness (QED) is 0.649. The Hall–Kier alpha value is -1.08. The maximum absolute atomic E-state index is 11.5. The van der Waals surface area contributed by atoms with Crippen molar-refractivity contribution in [2.24, 2.45) is 4.99 Å². The fourth-order valence-electron chi connectivity index (χ4n) is 2.15. The van der Waals surface area contributed by atoms with E-state index in [9.17, 15) is 8.42 Å². The average Bonchev–Trinajstić information content (AvgIpc) is 2.93. The Kier molecular flexibility index (Phi) is 5.04. The summed E-state index contributed by atoms with van der Waals surface area (Å²) in [6.07, 6.45) is 0.658. The molecule has 1 unspecified atom stereocenters. The van der Waals surface area contributed by atoms with Crippen molar-refractivity contribution in [2.75, 3.05) is 18.1 Å². The molecule has 1 saturated heterocycles. The summed E-state index contributed by atoms with van der Waals surface area (Å²) in [5.74, 6) is 1.17. The second-order valence-electron chi connectivity index (χ2n) is 4.95. The molecule has 0 bridgehead atoms. The highest BCUT2D eigenvalue weighted by atomic mass is 32.2. The van der Waals surface area contributed by atoms with Gasteiger partial charge in [-0.2, -0.15) is 0 Å². The topological polar surface area (TPSA) is 70.6 Å². The smallest absolute Gasteiger partial charge is 0.191 e. The first-order valence-corrected chi connectivity index (χ1v) is 9.43. The number of aliphatic imine (C=N–C) groups is 1. The lowest BCUT2D eigenvalue weighted by Crippen LogP contribution is -2.44. The van der Waals surface area contributed by atoms with E-state index in [0.717, 1.165) is 6.54 Å². The van der Waals surface area contributed by atoms with E-state index in [1.165, 1.54) is 9.75 Å². The lowest BCUT2D eigenvalue weighted by molar-refractivity contribution is 0.599. The maximum Gasteiger partial charge on any atom is 0.191 e. The molecule has 112 valence electrons. The van der Waals surface area contributed by atoms with Crippen LogP contribution < -0.4 is 10.6 Å². The number of guanidine groups is 1. The highest BCUT2D eigenvalue weighted by Crippen LogP contribution is 2.16. The molecule has 1 atom stereocenters. The van der Waals surface area contributed by atoms with Gasteiger partial charge in [-0.05, 0) is 32.4 Å². The van der Waals surface area contributed by atoms with Crippen LogP contribution in [-0.4, -0.2) is 38.5 Å². The molecular formula is C13H21N3O2S2. The van der Waals surface area contributed by atoms with Crippen molar-refractivity contribution in [3.8, 4) is 0 Å². The van der Waals surface area contributed by atoms with Crippen LogP contribution >= 0.6 is 11.3 Å². The maximum atomic E-state index is 11.5. The van der Waals surface area contributed by atoms with Gasteiger partial charge in [0.05, 0.1) is 18.1 Å². The van der Waals surface area contributed by atoms with Crippen molar-refractivity contribution in [2.45, 2.75) is 32.9 Å². The van der Waals surface area contributed by atoms with E-state index >= 15 is 0 Å². The Morgan fingerprint density at radius 3 is 2.85 bits per heavy atom. The Labute approximate surface area is 124 Å². The minimum Gasteiger partial charge on any atom is -0.357 e. The van der Waals surface area contributed by atoms with E-state index < -0.39 is 9.84 Å². The minimum absolute atomic E-state index is 0.0251. The molecule has 0 amide bonds. The molecule has 0 radical (unpaired) electrons. The average molecular weight is 315 g/mol. The van der Waals surface area contributed by atoms with E-state index in [2.05, 4.69) is 34.7 Å². The molecule has 0 saturated carbocycles. The summed E-state index contributed by atoms with van der Waals surface area (Å²) in [5, 5.41) is 6.38. The van der Waals surface area contributed by atoms with Crippen LogP contribution in [0.1, 0.15) is 23.1 Å². The fraction of sp³-hybridized carbons (Fsp3) is 0.615. The third-order valence-electron chi connectivity index (χ3n) is 3.11. The van der Waals surface area contributed by atoms with Crippen LogP contribution in [0.4, 0.5) is 0 Å². The highest BCUT2D eigenvalue weighted by Gasteiger charge is 2.28. The number of rotatable bonds is 4. The highest BCUT2D eigenvalue weighted by molar-refractivity contribution is 7.91. The standard InChI is InChI=1S/C13H21N3O2S2/c1-3-14-13(15-8-12-5-4-10(2)19-12)16-11-6-7-20(17,18)9-11/h4-5,11H,3,6-9H2,1-2H3,(H2,14,15,16). The van der Waals surface area contributed by atoms with Crippen molar-refractivity contribution in [3.05, 3.63) is 21.9 Å². The van der Waals surface area contributed by atoms with Crippen LogP contribution in [-0.2, 0) is 16.4 Å².